The Morgan fingerprint density at radius 2 is 2.12 bits per heavy atom. The number of aliphatic carboxylic acids is 1. The highest BCUT2D eigenvalue weighted by Crippen LogP contribution is 2.18. The van der Waals surface area contributed by atoms with Crippen molar-refractivity contribution in [2.75, 3.05) is 31.1 Å². The van der Waals surface area contributed by atoms with E-state index in [4.69, 9.17) is 5.11 Å². The zero-order chi connectivity index (χ0) is 12.8. The van der Waals surface area contributed by atoms with Crippen LogP contribution in [-0.2, 0) is 15.6 Å². The number of amides is 2. The van der Waals surface area contributed by atoms with Crippen molar-refractivity contribution in [3.63, 3.8) is 0 Å². The lowest BCUT2D eigenvalue weighted by molar-refractivity contribution is -0.139. The average molecular weight is 262 g/mol. The maximum absolute atomic E-state index is 11.5. The second-order valence-electron chi connectivity index (χ2n) is 4.03. The summed E-state index contributed by atoms with van der Waals surface area (Å²) in [7, 11) is -0.866. The smallest absolute Gasteiger partial charge is 0.317 e. The minimum Gasteiger partial charge on any atom is -0.481 e. The number of hydrogen-bond donors (Lipinski definition) is 2. The first-order valence-corrected chi connectivity index (χ1v) is 7.11. The van der Waals surface area contributed by atoms with Crippen LogP contribution in [0.15, 0.2) is 0 Å². The van der Waals surface area contributed by atoms with Gasteiger partial charge in [0.15, 0.2) is 0 Å². The minimum absolute atomic E-state index is 0.0722. The summed E-state index contributed by atoms with van der Waals surface area (Å²) in [6, 6.07) is -0.195. The molecule has 2 amide bonds. The minimum atomic E-state index is -0.866. The highest BCUT2D eigenvalue weighted by atomic mass is 32.2. The van der Waals surface area contributed by atoms with E-state index in [1.807, 2.05) is 6.92 Å². The van der Waals surface area contributed by atoms with Crippen LogP contribution in [0.3, 0.4) is 0 Å². The van der Waals surface area contributed by atoms with Crippen LogP contribution < -0.4 is 5.32 Å². The lowest BCUT2D eigenvalue weighted by Gasteiger charge is -2.38. The normalized spacial score (nSPS) is 17.4. The molecule has 7 heteroatoms. The fourth-order valence-corrected chi connectivity index (χ4v) is 2.26. The molecular formula is C10H18N2O4S. The number of carbonyl (C=O) groups is 2. The van der Waals surface area contributed by atoms with E-state index in [0.717, 1.165) is 0 Å². The first-order valence-electron chi connectivity index (χ1n) is 5.62. The highest BCUT2D eigenvalue weighted by Gasteiger charge is 2.31. The average Bonchev–Trinajstić information content (AvgIpc) is 2.21. The number of hydrogen-bond acceptors (Lipinski definition) is 3. The molecule has 0 radical (unpaired) electrons. The summed E-state index contributed by atoms with van der Waals surface area (Å²) in [6.45, 7) is 3.23. The van der Waals surface area contributed by atoms with Gasteiger partial charge in [-0.3, -0.25) is 9.00 Å². The molecule has 6 nitrogen and oxygen atoms in total. The Morgan fingerprint density at radius 1 is 1.47 bits per heavy atom. The Morgan fingerprint density at radius 3 is 2.65 bits per heavy atom. The predicted molar refractivity (Wildman–Crippen MR) is 64.3 cm³/mol. The molecular weight excluding hydrogens is 244 g/mol. The number of rotatable bonds is 6. The van der Waals surface area contributed by atoms with E-state index >= 15 is 0 Å². The monoisotopic (exact) mass is 262 g/mol. The van der Waals surface area contributed by atoms with E-state index in [1.165, 1.54) is 0 Å². The Balaban J connectivity index is 2.11. The van der Waals surface area contributed by atoms with Crippen molar-refractivity contribution < 1.29 is 18.9 Å². The molecule has 1 unspecified atom stereocenters. The van der Waals surface area contributed by atoms with Crippen molar-refractivity contribution in [3.8, 4) is 0 Å². The molecule has 0 aromatic heterocycles. The zero-order valence-electron chi connectivity index (χ0n) is 9.85. The molecule has 98 valence electrons. The molecule has 17 heavy (non-hydrogen) atoms. The Kier molecular flexibility index (Phi) is 5.40. The van der Waals surface area contributed by atoms with Crippen molar-refractivity contribution in [3.05, 3.63) is 0 Å². The van der Waals surface area contributed by atoms with Crippen LogP contribution in [0.25, 0.3) is 0 Å². The van der Waals surface area contributed by atoms with Gasteiger partial charge in [0, 0.05) is 47.9 Å². The van der Waals surface area contributed by atoms with Gasteiger partial charge >= 0.3 is 12.0 Å². The number of carbonyl (C=O) groups excluding carboxylic acids is 1. The summed E-state index contributed by atoms with van der Waals surface area (Å²) >= 11 is 0. The number of likely N-dealkylation sites (tertiary alicyclic amines) is 1. The molecule has 0 aromatic carbocycles. The Labute approximate surface area is 103 Å². The van der Waals surface area contributed by atoms with Crippen LogP contribution in [0.1, 0.15) is 13.3 Å². The molecule has 0 aromatic rings. The summed E-state index contributed by atoms with van der Waals surface area (Å²) < 4.78 is 11.1. The first kappa shape index (κ1) is 14.0. The first-order chi connectivity index (χ1) is 8.02. The fraction of sp³-hybridized carbons (Fsp3) is 0.800. The molecule has 0 aliphatic carbocycles. The van der Waals surface area contributed by atoms with Gasteiger partial charge in [-0.15, -0.1) is 0 Å². The summed E-state index contributed by atoms with van der Waals surface area (Å²) in [5.41, 5.74) is 0. The third kappa shape index (κ3) is 4.72. The standard InChI is InChI=1S/C10H18N2O4S/c1-2-17(16)4-3-11-10(15)12-6-8(7-12)5-9(13)14/h8H,2-7H2,1H3,(H,11,15)(H,13,14). The van der Waals surface area contributed by atoms with Crippen LogP contribution in [-0.4, -0.2) is 57.4 Å². The topological polar surface area (TPSA) is 86.7 Å². The number of nitrogens with zero attached hydrogens (tertiary/aromatic N) is 1. The fourth-order valence-electron chi connectivity index (χ4n) is 1.64. The summed E-state index contributed by atoms with van der Waals surface area (Å²) in [5.74, 6) is 0.311. The van der Waals surface area contributed by atoms with Crippen LogP contribution in [0.2, 0.25) is 0 Å². The van der Waals surface area contributed by atoms with Gasteiger partial charge in [-0.25, -0.2) is 4.79 Å². The molecule has 1 saturated heterocycles. The lowest BCUT2D eigenvalue weighted by atomic mass is 9.97. The lowest BCUT2D eigenvalue weighted by Crippen LogP contribution is -2.54. The van der Waals surface area contributed by atoms with Crippen molar-refractivity contribution in [2.24, 2.45) is 5.92 Å². The molecule has 0 spiro atoms. The summed E-state index contributed by atoms with van der Waals surface area (Å²) in [4.78, 5) is 23.5. The molecule has 0 bridgehead atoms. The van der Waals surface area contributed by atoms with Crippen molar-refractivity contribution in [2.45, 2.75) is 13.3 Å². The Bertz CT molecular complexity index is 315. The maximum Gasteiger partial charge on any atom is 0.317 e. The third-order valence-corrected chi connectivity index (χ3v) is 3.94. The molecule has 1 aliphatic rings. The third-order valence-electron chi connectivity index (χ3n) is 2.64. The van der Waals surface area contributed by atoms with Crippen molar-refractivity contribution in [1.82, 2.24) is 10.2 Å². The number of carboxylic acids is 1. The summed E-state index contributed by atoms with van der Waals surface area (Å²) in [5, 5.41) is 11.2. The van der Waals surface area contributed by atoms with E-state index < -0.39 is 16.8 Å². The van der Waals surface area contributed by atoms with E-state index in [1.54, 1.807) is 4.90 Å². The highest BCUT2D eigenvalue weighted by molar-refractivity contribution is 7.84. The van der Waals surface area contributed by atoms with E-state index in [0.29, 0.717) is 31.1 Å². The van der Waals surface area contributed by atoms with Gasteiger partial charge in [0.25, 0.3) is 0 Å². The van der Waals surface area contributed by atoms with Crippen LogP contribution in [0.4, 0.5) is 4.79 Å². The number of urea groups is 1. The number of nitrogens with one attached hydrogen (secondary N) is 1. The van der Waals surface area contributed by atoms with Gasteiger partial charge in [-0.1, -0.05) is 6.92 Å². The van der Waals surface area contributed by atoms with Gasteiger partial charge in [-0.2, -0.15) is 0 Å². The van der Waals surface area contributed by atoms with Crippen LogP contribution in [0, 0.1) is 5.92 Å². The molecule has 1 fully saturated rings. The van der Waals surface area contributed by atoms with Gasteiger partial charge < -0.3 is 15.3 Å². The van der Waals surface area contributed by atoms with Crippen LogP contribution in [0.5, 0.6) is 0 Å². The largest absolute Gasteiger partial charge is 0.481 e. The van der Waals surface area contributed by atoms with Crippen LogP contribution >= 0.6 is 0 Å². The zero-order valence-corrected chi connectivity index (χ0v) is 10.7. The summed E-state index contributed by atoms with van der Waals surface area (Å²) in [6.07, 6.45) is 0.115. The molecule has 1 rings (SSSR count). The molecule has 1 atom stereocenters. The van der Waals surface area contributed by atoms with E-state index in [-0.39, 0.29) is 18.4 Å². The van der Waals surface area contributed by atoms with Crippen molar-refractivity contribution in [1.29, 1.82) is 0 Å². The Hall–Kier alpha value is -1.11. The predicted octanol–water partition coefficient (Wildman–Crippen LogP) is -0.129. The maximum atomic E-state index is 11.5. The second kappa shape index (κ2) is 6.58. The van der Waals surface area contributed by atoms with E-state index in [2.05, 4.69) is 5.32 Å². The quantitative estimate of drug-likeness (QED) is 0.698. The molecule has 0 saturated carbocycles. The van der Waals surface area contributed by atoms with E-state index in [9.17, 15) is 13.8 Å². The molecule has 1 aliphatic heterocycles. The molecule has 2 N–H and O–H groups in total. The van der Waals surface area contributed by atoms with Crippen molar-refractivity contribution >= 4 is 22.8 Å². The number of carboxylic acid groups (broad SMARTS) is 1. The molecule has 1 heterocycles. The van der Waals surface area contributed by atoms with Gasteiger partial charge in [-0.05, 0) is 0 Å². The SMILES string of the molecule is CCS(=O)CCNC(=O)N1CC(CC(=O)O)C1. The van der Waals surface area contributed by atoms with Gasteiger partial charge in [0.05, 0.1) is 6.42 Å². The second-order valence-corrected chi connectivity index (χ2v) is 5.90. The van der Waals surface area contributed by atoms with Gasteiger partial charge in [0.2, 0.25) is 0 Å². The van der Waals surface area contributed by atoms with Gasteiger partial charge in [0.1, 0.15) is 0 Å².